The van der Waals surface area contributed by atoms with Crippen LogP contribution in [0.2, 0.25) is 10.0 Å². The highest BCUT2D eigenvalue weighted by atomic mass is 35.5. The highest BCUT2D eigenvalue weighted by Gasteiger charge is 2.11. The molecule has 0 fully saturated rings. The molecule has 122 valence electrons. The molecule has 1 aromatic heterocycles. The molecule has 1 heterocycles. The third kappa shape index (κ3) is 4.16. The van der Waals surface area contributed by atoms with Crippen LogP contribution in [0.25, 0.3) is 11.3 Å². The summed E-state index contributed by atoms with van der Waals surface area (Å²) in [7, 11) is 0. The summed E-state index contributed by atoms with van der Waals surface area (Å²) in [6, 6.07) is 14.6. The zero-order chi connectivity index (χ0) is 16.9. The summed E-state index contributed by atoms with van der Waals surface area (Å²) in [5.41, 5.74) is 1.64. The smallest absolute Gasteiger partial charge is 0.310 e. The Morgan fingerprint density at radius 1 is 1.08 bits per heavy atom. The predicted molar refractivity (Wildman–Crippen MR) is 91.9 cm³/mol. The molecule has 24 heavy (non-hydrogen) atoms. The minimum absolute atomic E-state index is 0.0208. The van der Waals surface area contributed by atoms with Crippen LogP contribution in [0.15, 0.2) is 59.1 Å². The van der Waals surface area contributed by atoms with E-state index in [4.69, 9.17) is 32.4 Å². The van der Waals surface area contributed by atoms with Crippen LogP contribution in [-0.4, -0.2) is 11.0 Å². The van der Waals surface area contributed by atoms with Gasteiger partial charge in [-0.2, -0.15) is 0 Å². The van der Waals surface area contributed by atoms with Crippen molar-refractivity contribution in [2.75, 3.05) is 0 Å². The van der Waals surface area contributed by atoms with Gasteiger partial charge in [0, 0.05) is 5.56 Å². The van der Waals surface area contributed by atoms with E-state index < -0.39 is 5.97 Å². The van der Waals surface area contributed by atoms with Gasteiger partial charge < -0.3 is 9.15 Å². The second-order valence-corrected chi connectivity index (χ2v) is 5.88. The number of rotatable bonds is 5. The second-order valence-electron chi connectivity index (χ2n) is 5.07. The number of carbonyl (C=O) groups is 1. The van der Waals surface area contributed by atoms with Crippen molar-refractivity contribution in [2.45, 2.75) is 13.0 Å². The Balaban J connectivity index is 1.56. The van der Waals surface area contributed by atoms with Crippen molar-refractivity contribution >= 4 is 29.2 Å². The zero-order valence-corrected chi connectivity index (χ0v) is 14.1. The van der Waals surface area contributed by atoms with E-state index >= 15 is 0 Å². The van der Waals surface area contributed by atoms with Crippen molar-refractivity contribution in [3.8, 4) is 11.3 Å². The molecule has 0 aliphatic rings. The van der Waals surface area contributed by atoms with Crippen molar-refractivity contribution in [1.82, 2.24) is 4.98 Å². The molecule has 2 aromatic carbocycles. The maximum atomic E-state index is 11.9. The SMILES string of the molecule is O=C(Cc1ccc(Cl)c(Cl)c1)OCc1ncc(-c2ccccc2)o1. The summed E-state index contributed by atoms with van der Waals surface area (Å²) in [5.74, 6) is 0.579. The van der Waals surface area contributed by atoms with E-state index in [2.05, 4.69) is 4.98 Å². The molecule has 6 heteroatoms. The minimum atomic E-state index is -0.396. The number of nitrogens with zero attached hydrogens (tertiary/aromatic N) is 1. The molecule has 0 spiro atoms. The van der Waals surface area contributed by atoms with Gasteiger partial charge in [-0.1, -0.05) is 59.6 Å². The first-order valence-corrected chi connectivity index (χ1v) is 7.97. The van der Waals surface area contributed by atoms with E-state index in [0.29, 0.717) is 21.7 Å². The summed E-state index contributed by atoms with van der Waals surface area (Å²) >= 11 is 11.8. The molecule has 4 nitrogen and oxygen atoms in total. The quantitative estimate of drug-likeness (QED) is 0.604. The molecule has 0 saturated carbocycles. The summed E-state index contributed by atoms with van der Waals surface area (Å²) in [4.78, 5) is 16.0. The van der Waals surface area contributed by atoms with E-state index in [-0.39, 0.29) is 13.0 Å². The van der Waals surface area contributed by atoms with Gasteiger partial charge in [0.2, 0.25) is 5.89 Å². The zero-order valence-electron chi connectivity index (χ0n) is 12.5. The van der Waals surface area contributed by atoms with Crippen LogP contribution >= 0.6 is 23.2 Å². The first kappa shape index (κ1) is 16.6. The van der Waals surface area contributed by atoms with Crippen molar-refractivity contribution in [3.63, 3.8) is 0 Å². The molecule has 0 aliphatic carbocycles. The molecule has 0 aliphatic heterocycles. The van der Waals surface area contributed by atoms with E-state index in [1.807, 2.05) is 30.3 Å². The largest absolute Gasteiger partial charge is 0.455 e. The fourth-order valence-electron chi connectivity index (χ4n) is 2.12. The van der Waals surface area contributed by atoms with Crippen LogP contribution in [0.5, 0.6) is 0 Å². The minimum Gasteiger partial charge on any atom is -0.455 e. The Labute approximate surface area is 149 Å². The molecule has 0 amide bonds. The normalized spacial score (nSPS) is 10.6. The average molecular weight is 362 g/mol. The Morgan fingerprint density at radius 3 is 2.62 bits per heavy atom. The number of oxazole rings is 1. The Bertz CT molecular complexity index is 846. The van der Waals surface area contributed by atoms with E-state index in [1.165, 1.54) is 0 Å². The monoisotopic (exact) mass is 361 g/mol. The first-order valence-electron chi connectivity index (χ1n) is 7.21. The highest BCUT2D eigenvalue weighted by Crippen LogP contribution is 2.23. The van der Waals surface area contributed by atoms with Gasteiger partial charge in [0.25, 0.3) is 0 Å². The number of esters is 1. The molecule has 3 aromatic rings. The second kappa shape index (κ2) is 7.51. The van der Waals surface area contributed by atoms with Crippen molar-refractivity contribution < 1.29 is 13.9 Å². The third-order valence-electron chi connectivity index (χ3n) is 3.30. The number of ether oxygens (including phenoxy) is 1. The van der Waals surface area contributed by atoms with Crippen molar-refractivity contribution in [3.05, 3.63) is 76.2 Å². The molecular weight excluding hydrogens is 349 g/mol. The Hall–Kier alpha value is -2.30. The molecule has 0 radical (unpaired) electrons. The summed E-state index contributed by atoms with van der Waals surface area (Å²) < 4.78 is 10.8. The third-order valence-corrected chi connectivity index (χ3v) is 4.04. The van der Waals surface area contributed by atoms with E-state index in [1.54, 1.807) is 24.4 Å². The van der Waals surface area contributed by atoms with Crippen LogP contribution in [-0.2, 0) is 22.6 Å². The van der Waals surface area contributed by atoms with Crippen LogP contribution in [0.1, 0.15) is 11.5 Å². The molecule has 0 bridgehead atoms. The maximum absolute atomic E-state index is 11.9. The van der Waals surface area contributed by atoms with Gasteiger partial charge in [-0.3, -0.25) is 4.79 Å². The van der Waals surface area contributed by atoms with Crippen LogP contribution in [0.3, 0.4) is 0 Å². The Morgan fingerprint density at radius 2 is 1.88 bits per heavy atom. The molecule has 0 saturated heterocycles. The van der Waals surface area contributed by atoms with Gasteiger partial charge in [-0.05, 0) is 17.7 Å². The van der Waals surface area contributed by atoms with Gasteiger partial charge >= 0.3 is 5.97 Å². The fourth-order valence-corrected chi connectivity index (χ4v) is 2.44. The number of halogens is 2. The van der Waals surface area contributed by atoms with Gasteiger partial charge in [0.1, 0.15) is 0 Å². The highest BCUT2D eigenvalue weighted by molar-refractivity contribution is 6.42. The average Bonchev–Trinajstić information content (AvgIpc) is 3.06. The predicted octanol–water partition coefficient (Wildman–Crippen LogP) is 4.93. The Kier molecular flexibility index (Phi) is 5.18. The van der Waals surface area contributed by atoms with Crippen LogP contribution in [0, 0.1) is 0 Å². The lowest BCUT2D eigenvalue weighted by Crippen LogP contribution is -2.08. The molecule has 0 atom stereocenters. The van der Waals surface area contributed by atoms with Gasteiger partial charge in [-0.25, -0.2) is 4.98 Å². The lowest BCUT2D eigenvalue weighted by atomic mass is 10.1. The number of carbonyl (C=O) groups excluding carboxylic acids is 1. The van der Waals surface area contributed by atoms with Crippen molar-refractivity contribution in [1.29, 1.82) is 0 Å². The summed E-state index contributed by atoms with van der Waals surface area (Å²) in [5, 5.41) is 0.851. The van der Waals surface area contributed by atoms with Gasteiger partial charge in [0.15, 0.2) is 12.4 Å². The molecule has 3 rings (SSSR count). The van der Waals surface area contributed by atoms with Gasteiger partial charge in [-0.15, -0.1) is 0 Å². The van der Waals surface area contributed by atoms with E-state index in [0.717, 1.165) is 11.1 Å². The van der Waals surface area contributed by atoms with Crippen LogP contribution in [0.4, 0.5) is 0 Å². The topological polar surface area (TPSA) is 52.3 Å². The fraction of sp³-hybridized carbons (Fsp3) is 0.111. The number of hydrogen-bond donors (Lipinski definition) is 0. The lowest BCUT2D eigenvalue weighted by molar-refractivity contribution is -0.144. The summed E-state index contributed by atoms with van der Waals surface area (Å²) in [6.07, 6.45) is 1.71. The lowest BCUT2D eigenvalue weighted by Gasteiger charge is -2.04. The maximum Gasteiger partial charge on any atom is 0.310 e. The van der Waals surface area contributed by atoms with Gasteiger partial charge in [0.05, 0.1) is 22.7 Å². The number of hydrogen-bond acceptors (Lipinski definition) is 4. The molecular formula is C18H13Cl2NO3. The first-order chi connectivity index (χ1) is 11.6. The van der Waals surface area contributed by atoms with E-state index in [9.17, 15) is 4.79 Å². The standard InChI is InChI=1S/C18H13Cl2NO3/c19-14-7-6-12(8-15(14)20)9-18(22)23-11-17-21-10-16(24-17)13-4-2-1-3-5-13/h1-8,10H,9,11H2. The van der Waals surface area contributed by atoms with Crippen molar-refractivity contribution in [2.24, 2.45) is 0 Å². The number of aromatic nitrogens is 1. The number of benzene rings is 2. The molecule has 0 unspecified atom stereocenters. The molecule has 0 N–H and O–H groups in total. The summed E-state index contributed by atoms with van der Waals surface area (Å²) in [6.45, 7) is -0.0208. The van der Waals surface area contributed by atoms with Crippen LogP contribution < -0.4 is 0 Å².